The van der Waals surface area contributed by atoms with Crippen LogP contribution in [0.4, 0.5) is 10.1 Å². The lowest BCUT2D eigenvalue weighted by molar-refractivity contribution is -0.386. The van der Waals surface area contributed by atoms with Crippen LogP contribution in [0.1, 0.15) is 6.92 Å². The van der Waals surface area contributed by atoms with E-state index in [4.69, 9.17) is 15.4 Å². The Morgan fingerprint density at radius 2 is 2.16 bits per heavy atom. The Morgan fingerprint density at radius 3 is 2.68 bits per heavy atom. The van der Waals surface area contributed by atoms with Crippen molar-refractivity contribution in [3.63, 3.8) is 0 Å². The summed E-state index contributed by atoms with van der Waals surface area (Å²) in [7, 11) is 1.36. The highest BCUT2D eigenvalue weighted by Crippen LogP contribution is 2.30. The fourth-order valence-electron chi connectivity index (χ4n) is 1.40. The van der Waals surface area contributed by atoms with E-state index in [2.05, 4.69) is 0 Å². The van der Waals surface area contributed by atoms with E-state index in [9.17, 15) is 22.9 Å². The largest absolute Gasteiger partial charge is 0.484 e. The molecule has 0 amide bonds. The Morgan fingerprint density at radius 1 is 1.53 bits per heavy atom. The Labute approximate surface area is 113 Å². The maximum atomic E-state index is 13.4. The van der Waals surface area contributed by atoms with Crippen LogP contribution in [0, 0.1) is 21.8 Å². The van der Waals surface area contributed by atoms with Gasteiger partial charge in [0.15, 0.2) is 5.82 Å². The van der Waals surface area contributed by atoms with E-state index in [1.165, 1.54) is 13.0 Å². The molecule has 1 aromatic rings. The smallest absolute Gasteiger partial charge is 0.314 e. The van der Waals surface area contributed by atoms with Gasteiger partial charge < -0.3 is 4.74 Å². The highest BCUT2D eigenvalue weighted by Gasteiger charge is 2.21. The second kappa shape index (κ2) is 6.16. The average molecular weight is 312 g/mol. The topological polar surface area (TPSA) is 86.5 Å². The zero-order valence-electron chi connectivity index (χ0n) is 9.88. The number of hydrogen-bond donors (Lipinski definition) is 0. The molecule has 0 aromatic heterocycles. The van der Waals surface area contributed by atoms with Crippen LogP contribution in [0.15, 0.2) is 18.2 Å². The lowest BCUT2D eigenvalue weighted by Crippen LogP contribution is -2.17. The van der Waals surface area contributed by atoms with Crippen LogP contribution in [0.5, 0.6) is 5.75 Å². The molecule has 1 aromatic carbocycles. The van der Waals surface area contributed by atoms with Gasteiger partial charge in [-0.1, -0.05) is 13.0 Å². The van der Waals surface area contributed by atoms with Gasteiger partial charge >= 0.3 is 5.69 Å². The molecule has 0 radical (unpaired) electrons. The molecule has 0 saturated heterocycles. The van der Waals surface area contributed by atoms with Gasteiger partial charge in [0.1, 0.15) is 0 Å². The lowest BCUT2D eigenvalue weighted by Gasteiger charge is -2.12. The van der Waals surface area contributed by atoms with Crippen LogP contribution in [0.2, 0.25) is 0 Å². The summed E-state index contributed by atoms with van der Waals surface area (Å²) in [5.74, 6) is -2.28. The highest BCUT2D eigenvalue weighted by atomic mass is 35.7. The molecular weight excluding hydrogens is 301 g/mol. The summed E-state index contributed by atoms with van der Waals surface area (Å²) in [6.07, 6.45) is 0. The predicted molar refractivity (Wildman–Crippen MR) is 67.4 cm³/mol. The molecule has 1 unspecified atom stereocenters. The molecule has 0 spiro atoms. The van der Waals surface area contributed by atoms with E-state index < -0.39 is 37.1 Å². The molecule has 0 aliphatic rings. The van der Waals surface area contributed by atoms with Gasteiger partial charge in [-0.2, -0.15) is 0 Å². The minimum atomic E-state index is -3.70. The van der Waals surface area contributed by atoms with Crippen molar-refractivity contribution in [3.05, 3.63) is 34.1 Å². The van der Waals surface area contributed by atoms with Crippen molar-refractivity contribution >= 4 is 25.4 Å². The molecule has 0 heterocycles. The quantitative estimate of drug-likeness (QED) is 0.457. The minimum absolute atomic E-state index is 0.201. The standard InChI is InChI=1S/C10H11ClFNO5S/c1-7(6-19(11,16)17)5-18-10-8(12)3-2-4-9(10)13(14)15/h2-4,7H,5-6H2,1H3. The van der Waals surface area contributed by atoms with Gasteiger partial charge in [0, 0.05) is 22.7 Å². The molecule has 19 heavy (non-hydrogen) atoms. The molecule has 9 heteroatoms. The maximum absolute atomic E-state index is 13.4. The summed E-state index contributed by atoms with van der Waals surface area (Å²) in [5, 5.41) is 10.7. The van der Waals surface area contributed by atoms with E-state index in [0.29, 0.717) is 0 Å². The molecule has 0 fully saturated rings. The van der Waals surface area contributed by atoms with Gasteiger partial charge in [-0.05, 0) is 6.07 Å². The predicted octanol–water partition coefficient (Wildman–Crippen LogP) is 2.32. The molecule has 6 nitrogen and oxygen atoms in total. The molecule has 1 atom stereocenters. The van der Waals surface area contributed by atoms with Crippen molar-refractivity contribution in [2.24, 2.45) is 5.92 Å². The van der Waals surface area contributed by atoms with E-state index >= 15 is 0 Å². The molecule has 106 valence electrons. The number of para-hydroxylation sites is 1. The third kappa shape index (κ3) is 4.99. The van der Waals surface area contributed by atoms with Crippen LogP contribution >= 0.6 is 10.7 Å². The number of ether oxygens (including phenoxy) is 1. The fourth-order valence-corrected chi connectivity index (χ4v) is 2.82. The number of halogens is 2. The first-order valence-electron chi connectivity index (χ1n) is 5.18. The summed E-state index contributed by atoms with van der Waals surface area (Å²) in [5.41, 5.74) is -0.513. The molecule has 0 bridgehead atoms. The Balaban J connectivity index is 2.80. The van der Waals surface area contributed by atoms with Crippen molar-refractivity contribution in [3.8, 4) is 5.75 Å². The van der Waals surface area contributed by atoms with E-state index in [0.717, 1.165) is 12.1 Å². The van der Waals surface area contributed by atoms with Crippen LogP contribution in [-0.2, 0) is 9.05 Å². The number of benzene rings is 1. The number of nitro benzene ring substituents is 1. The Bertz CT molecular complexity index is 577. The van der Waals surface area contributed by atoms with E-state index in [1.54, 1.807) is 0 Å². The normalized spacial score (nSPS) is 13.0. The number of nitrogens with zero attached hydrogens (tertiary/aromatic N) is 1. The van der Waals surface area contributed by atoms with Gasteiger partial charge in [-0.3, -0.25) is 10.1 Å². The first-order valence-corrected chi connectivity index (χ1v) is 7.66. The summed E-state index contributed by atoms with van der Waals surface area (Å²) in [6.45, 7) is 1.32. The summed E-state index contributed by atoms with van der Waals surface area (Å²) in [6, 6.07) is 3.31. The van der Waals surface area contributed by atoms with E-state index in [1.807, 2.05) is 0 Å². The van der Waals surface area contributed by atoms with Gasteiger partial charge in [0.25, 0.3) is 0 Å². The number of nitro groups is 1. The minimum Gasteiger partial charge on any atom is -0.484 e. The van der Waals surface area contributed by atoms with Crippen molar-refractivity contribution in [2.45, 2.75) is 6.92 Å². The first-order chi connectivity index (χ1) is 8.70. The lowest BCUT2D eigenvalue weighted by atomic mass is 10.2. The fraction of sp³-hybridized carbons (Fsp3) is 0.400. The van der Waals surface area contributed by atoms with Crippen LogP contribution in [0.25, 0.3) is 0 Å². The average Bonchev–Trinajstić information content (AvgIpc) is 2.24. The van der Waals surface area contributed by atoms with Crippen LogP contribution in [0.3, 0.4) is 0 Å². The molecule has 0 saturated carbocycles. The van der Waals surface area contributed by atoms with Crippen molar-refractivity contribution < 1.29 is 22.5 Å². The monoisotopic (exact) mass is 311 g/mol. The van der Waals surface area contributed by atoms with Crippen LogP contribution < -0.4 is 4.74 Å². The third-order valence-corrected chi connectivity index (χ3v) is 3.48. The molecule has 0 aliphatic heterocycles. The molecule has 0 aliphatic carbocycles. The zero-order chi connectivity index (χ0) is 14.6. The summed E-state index contributed by atoms with van der Waals surface area (Å²) >= 11 is 0. The maximum Gasteiger partial charge on any atom is 0.314 e. The van der Waals surface area contributed by atoms with E-state index in [-0.39, 0.29) is 12.4 Å². The second-order valence-electron chi connectivity index (χ2n) is 3.97. The van der Waals surface area contributed by atoms with Crippen molar-refractivity contribution in [2.75, 3.05) is 12.4 Å². The highest BCUT2D eigenvalue weighted by molar-refractivity contribution is 8.13. The molecular formula is C10H11ClFNO5S. The van der Waals surface area contributed by atoms with Gasteiger partial charge in [0.2, 0.25) is 14.8 Å². The van der Waals surface area contributed by atoms with Gasteiger partial charge in [-0.15, -0.1) is 0 Å². The van der Waals surface area contributed by atoms with Crippen molar-refractivity contribution in [1.82, 2.24) is 0 Å². The number of rotatable bonds is 6. The second-order valence-corrected chi connectivity index (χ2v) is 6.79. The van der Waals surface area contributed by atoms with Gasteiger partial charge in [-0.25, -0.2) is 12.8 Å². The Kier molecular flexibility index (Phi) is 5.07. The number of hydrogen-bond acceptors (Lipinski definition) is 5. The summed E-state index contributed by atoms with van der Waals surface area (Å²) in [4.78, 5) is 9.91. The van der Waals surface area contributed by atoms with Gasteiger partial charge in [0.05, 0.1) is 17.3 Å². The first kappa shape index (κ1) is 15.6. The Hall–Kier alpha value is -1.41. The third-order valence-electron chi connectivity index (χ3n) is 2.14. The van der Waals surface area contributed by atoms with Crippen LogP contribution in [-0.4, -0.2) is 25.7 Å². The summed E-state index contributed by atoms with van der Waals surface area (Å²) < 4.78 is 40.1. The molecule has 1 rings (SSSR count). The van der Waals surface area contributed by atoms with Crippen molar-refractivity contribution in [1.29, 1.82) is 0 Å². The zero-order valence-corrected chi connectivity index (χ0v) is 11.4. The molecule has 0 N–H and O–H groups in total. The SMILES string of the molecule is CC(COc1c(F)cccc1[N+](=O)[O-])CS(=O)(=O)Cl.